The Hall–Kier alpha value is -1.82. The van der Waals surface area contributed by atoms with Crippen molar-refractivity contribution in [1.29, 1.82) is 0 Å². The molecular formula is C20H23N3O2S. The van der Waals surface area contributed by atoms with Crippen molar-refractivity contribution in [2.24, 2.45) is 17.8 Å². The summed E-state index contributed by atoms with van der Waals surface area (Å²) < 4.78 is 0. The second kappa shape index (κ2) is 6.12. The zero-order valence-corrected chi connectivity index (χ0v) is 15.5. The van der Waals surface area contributed by atoms with E-state index in [-0.39, 0.29) is 5.41 Å². The van der Waals surface area contributed by atoms with Crippen LogP contribution in [0.2, 0.25) is 0 Å². The predicted octanol–water partition coefficient (Wildman–Crippen LogP) is 4.26. The first-order chi connectivity index (χ1) is 12.6. The van der Waals surface area contributed by atoms with E-state index in [4.69, 9.17) is 10.1 Å². The number of carboxylic acids is 1. The molecule has 0 atom stereocenters. The van der Waals surface area contributed by atoms with Gasteiger partial charge in [0.05, 0.1) is 5.56 Å². The minimum atomic E-state index is -0.890. The van der Waals surface area contributed by atoms with Gasteiger partial charge in [0.2, 0.25) is 5.16 Å². The summed E-state index contributed by atoms with van der Waals surface area (Å²) in [5.41, 5.74) is 1.55. The molecule has 0 aliphatic heterocycles. The SMILES string of the molecule is O=C(O)c1cccc(CSc2n[nH]c(C34CC5CC(CC(C5)C3)C4)n2)c1. The number of hydrogen-bond acceptors (Lipinski definition) is 4. The summed E-state index contributed by atoms with van der Waals surface area (Å²) in [7, 11) is 0. The smallest absolute Gasteiger partial charge is 0.335 e. The normalized spacial score (nSPS) is 32.1. The van der Waals surface area contributed by atoms with Crippen LogP contribution in [0.1, 0.15) is 60.3 Å². The quantitative estimate of drug-likeness (QED) is 0.770. The maximum atomic E-state index is 11.1. The molecule has 5 nitrogen and oxygen atoms in total. The monoisotopic (exact) mass is 369 g/mol. The highest BCUT2D eigenvalue weighted by Gasteiger charge is 2.53. The summed E-state index contributed by atoms with van der Waals surface area (Å²) in [5, 5.41) is 17.6. The van der Waals surface area contributed by atoms with Gasteiger partial charge in [-0.25, -0.2) is 9.78 Å². The van der Waals surface area contributed by atoms with Crippen LogP contribution in [0.3, 0.4) is 0 Å². The molecule has 4 fully saturated rings. The Morgan fingerprint density at radius 2 is 1.88 bits per heavy atom. The van der Waals surface area contributed by atoms with Gasteiger partial charge in [0, 0.05) is 11.2 Å². The van der Waals surface area contributed by atoms with Crippen LogP contribution < -0.4 is 0 Å². The van der Waals surface area contributed by atoms with E-state index < -0.39 is 5.97 Å². The molecule has 0 radical (unpaired) electrons. The molecule has 26 heavy (non-hydrogen) atoms. The van der Waals surface area contributed by atoms with Gasteiger partial charge in [-0.2, -0.15) is 0 Å². The second-order valence-corrected chi connectivity index (χ2v) is 9.40. The highest BCUT2D eigenvalue weighted by Crippen LogP contribution is 2.60. The first-order valence-electron chi connectivity index (χ1n) is 9.47. The van der Waals surface area contributed by atoms with E-state index in [1.54, 1.807) is 30.0 Å². The van der Waals surface area contributed by atoms with Gasteiger partial charge in [-0.3, -0.25) is 5.10 Å². The van der Waals surface area contributed by atoms with Crippen molar-refractivity contribution in [3.05, 3.63) is 41.2 Å². The molecule has 136 valence electrons. The summed E-state index contributed by atoms with van der Waals surface area (Å²) in [6.07, 6.45) is 8.11. The topological polar surface area (TPSA) is 78.9 Å². The lowest BCUT2D eigenvalue weighted by atomic mass is 9.49. The third kappa shape index (κ3) is 2.84. The Labute approximate surface area is 157 Å². The van der Waals surface area contributed by atoms with Crippen LogP contribution in [-0.2, 0) is 11.2 Å². The highest BCUT2D eigenvalue weighted by atomic mass is 32.2. The predicted molar refractivity (Wildman–Crippen MR) is 99.2 cm³/mol. The van der Waals surface area contributed by atoms with Gasteiger partial charge >= 0.3 is 5.97 Å². The van der Waals surface area contributed by atoms with Gasteiger partial charge in [-0.05, 0) is 74.0 Å². The number of nitrogens with zero attached hydrogens (tertiary/aromatic N) is 2. The highest BCUT2D eigenvalue weighted by molar-refractivity contribution is 7.98. The number of hydrogen-bond donors (Lipinski definition) is 2. The van der Waals surface area contributed by atoms with Crippen LogP contribution in [0.15, 0.2) is 29.4 Å². The summed E-state index contributed by atoms with van der Waals surface area (Å²) in [6.45, 7) is 0. The number of benzene rings is 1. The zero-order chi connectivity index (χ0) is 17.7. The molecular weight excluding hydrogens is 346 g/mol. The third-order valence-electron chi connectivity index (χ3n) is 6.55. The van der Waals surface area contributed by atoms with Crippen LogP contribution in [0, 0.1) is 17.8 Å². The lowest BCUT2D eigenvalue weighted by Gasteiger charge is -2.55. The molecule has 4 bridgehead atoms. The van der Waals surface area contributed by atoms with E-state index in [0.29, 0.717) is 11.3 Å². The number of H-pyrrole nitrogens is 1. The molecule has 1 aromatic heterocycles. The zero-order valence-electron chi connectivity index (χ0n) is 14.6. The Kier molecular flexibility index (Phi) is 3.85. The molecule has 0 amide bonds. The molecule has 4 aliphatic rings. The Bertz CT molecular complexity index is 812. The average molecular weight is 369 g/mol. The molecule has 0 unspecified atom stereocenters. The number of carbonyl (C=O) groups is 1. The Morgan fingerprint density at radius 3 is 2.54 bits per heavy atom. The number of aromatic carboxylic acids is 1. The fraction of sp³-hybridized carbons (Fsp3) is 0.550. The summed E-state index contributed by atoms with van der Waals surface area (Å²) in [6, 6.07) is 7.08. The molecule has 1 heterocycles. The molecule has 1 aromatic carbocycles. The standard InChI is InChI=1S/C20H23N3O2S/c24-17(25)16-3-1-2-12(7-16)11-26-19-21-18(22-23-19)20-8-13-4-14(9-20)6-15(5-13)10-20/h1-3,7,13-15H,4-6,8-11H2,(H,24,25)(H,21,22,23). The van der Waals surface area contributed by atoms with Crippen LogP contribution in [0.25, 0.3) is 0 Å². The Morgan fingerprint density at radius 1 is 1.19 bits per heavy atom. The Balaban J connectivity index is 1.30. The molecule has 6 heteroatoms. The van der Waals surface area contributed by atoms with Crippen molar-refractivity contribution in [3.8, 4) is 0 Å². The van der Waals surface area contributed by atoms with Crippen LogP contribution >= 0.6 is 11.8 Å². The summed E-state index contributed by atoms with van der Waals surface area (Å²) in [5.74, 6) is 3.56. The molecule has 4 aliphatic carbocycles. The van der Waals surface area contributed by atoms with Crippen LogP contribution in [0.4, 0.5) is 0 Å². The number of carboxylic acid groups (broad SMARTS) is 1. The second-order valence-electron chi connectivity index (χ2n) is 8.46. The number of rotatable bonds is 5. The molecule has 2 N–H and O–H groups in total. The van der Waals surface area contributed by atoms with Gasteiger partial charge in [-0.15, -0.1) is 5.10 Å². The van der Waals surface area contributed by atoms with Gasteiger partial charge in [-0.1, -0.05) is 23.9 Å². The molecule has 4 saturated carbocycles. The van der Waals surface area contributed by atoms with Crippen molar-refractivity contribution >= 4 is 17.7 Å². The lowest BCUT2D eigenvalue weighted by Crippen LogP contribution is -2.49. The average Bonchev–Trinajstić information content (AvgIpc) is 3.09. The summed E-state index contributed by atoms with van der Waals surface area (Å²) in [4.78, 5) is 16.0. The third-order valence-corrected chi connectivity index (χ3v) is 7.47. The first-order valence-corrected chi connectivity index (χ1v) is 10.5. The van der Waals surface area contributed by atoms with Gasteiger partial charge < -0.3 is 5.11 Å². The van der Waals surface area contributed by atoms with Gasteiger partial charge in [0.1, 0.15) is 5.82 Å². The van der Waals surface area contributed by atoms with Crippen molar-refractivity contribution in [2.45, 2.75) is 54.8 Å². The number of nitrogens with one attached hydrogen (secondary N) is 1. The van der Waals surface area contributed by atoms with E-state index in [1.165, 1.54) is 38.5 Å². The van der Waals surface area contributed by atoms with Crippen LogP contribution in [-0.4, -0.2) is 26.3 Å². The lowest BCUT2D eigenvalue weighted by molar-refractivity contribution is -0.00931. The fourth-order valence-electron chi connectivity index (χ4n) is 5.89. The molecule has 0 spiro atoms. The minimum Gasteiger partial charge on any atom is -0.478 e. The largest absolute Gasteiger partial charge is 0.478 e. The molecule has 0 saturated heterocycles. The van der Waals surface area contributed by atoms with Crippen LogP contribution in [0.5, 0.6) is 0 Å². The van der Waals surface area contributed by atoms with Gasteiger partial charge in [0.25, 0.3) is 0 Å². The fourth-order valence-corrected chi connectivity index (χ4v) is 6.63. The molecule has 6 rings (SSSR count). The van der Waals surface area contributed by atoms with Crippen molar-refractivity contribution in [2.75, 3.05) is 0 Å². The molecule has 2 aromatic rings. The minimum absolute atomic E-state index is 0.240. The summed E-state index contributed by atoms with van der Waals surface area (Å²) >= 11 is 1.57. The van der Waals surface area contributed by atoms with E-state index in [2.05, 4.69) is 10.2 Å². The van der Waals surface area contributed by atoms with E-state index >= 15 is 0 Å². The van der Waals surface area contributed by atoms with Crippen molar-refractivity contribution in [3.63, 3.8) is 0 Å². The maximum absolute atomic E-state index is 11.1. The van der Waals surface area contributed by atoms with Gasteiger partial charge in [0.15, 0.2) is 0 Å². The van der Waals surface area contributed by atoms with Crippen molar-refractivity contribution < 1.29 is 9.90 Å². The number of aromatic nitrogens is 3. The number of aromatic amines is 1. The van der Waals surface area contributed by atoms with E-state index in [9.17, 15) is 4.79 Å². The maximum Gasteiger partial charge on any atom is 0.335 e. The number of thioether (sulfide) groups is 1. The first kappa shape index (κ1) is 16.4. The van der Waals surface area contributed by atoms with E-state index in [0.717, 1.165) is 34.3 Å². The van der Waals surface area contributed by atoms with Crippen molar-refractivity contribution in [1.82, 2.24) is 15.2 Å². The van der Waals surface area contributed by atoms with E-state index in [1.807, 2.05) is 6.07 Å².